The monoisotopic (exact) mass is 508 g/mol. The molecule has 0 N–H and O–H groups in total. The molecule has 0 aromatic carbocycles. The first kappa shape index (κ1) is 34.7. The molecule has 35 heavy (non-hydrogen) atoms. The number of unbranched alkanes of at least 4 members (excludes halogenated alkanes) is 12. The van der Waals surface area contributed by atoms with Crippen LogP contribution < -0.4 is 0 Å². The second kappa shape index (κ2) is 25.4. The zero-order valence-electron chi connectivity index (χ0n) is 23.7. The van der Waals surface area contributed by atoms with Crippen molar-refractivity contribution in [3.8, 4) is 0 Å². The summed E-state index contributed by atoms with van der Waals surface area (Å²) in [5.74, 6) is 1.27. The smallest absolute Gasteiger partial charge is 0.211 e. The lowest BCUT2D eigenvalue weighted by atomic mass is 9.83. The molecule has 0 bridgehead atoms. The van der Waals surface area contributed by atoms with Crippen LogP contribution in [0.15, 0.2) is 0 Å². The SMILES string of the molecule is CCCCCCCCCC(CCC(F)F)CCC(C)CC(CCCCCCCCC)CCC(F)F. The maximum Gasteiger partial charge on any atom is 0.238 e. The van der Waals surface area contributed by atoms with Crippen molar-refractivity contribution >= 4 is 0 Å². The van der Waals surface area contributed by atoms with Gasteiger partial charge >= 0.3 is 0 Å². The number of hydrogen-bond acceptors (Lipinski definition) is 0. The minimum atomic E-state index is -2.21. The summed E-state index contributed by atoms with van der Waals surface area (Å²) in [4.78, 5) is 0. The standard InChI is InChI=1S/C31H60F4/c1-4-6-8-10-12-14-16-18-28(22-24-30(32)33)21-20-27(3)26-29(23-25-31(34)35)19-17-15-13-11-9-7-5-2/h27-31H,4-26H2,1-3H3. The van der Waals surface area contributed by atoms with E-state index in [1.54, 1.807) is 0 Å². The lowest BCUT2D eigenvalue weighted by Crippen LogP contribution is -2.11. The molecule has 0 spiro atoms. The summed E-state index contributed by atoms with van der Waals surface area (Å²) < 4.78 is 51.4. The van der Waals surface area contributed by atoms with E-state index in [0.717, 1.165) is 44.9 Å². The van der Waals surface area contributed by atoms with E-state index in [0.29, 0.717) is 30.6 Å². The van der Waals surface area contributed by atoms with Crippen LogP contribution in [0.4, 0.5) is 17.6 Å². The highest BCUT2D eigenvalue weighted by Gasteiger charge is 2.18. The molecule has 0 heterocycles. The molecule has 0 aliphatic rings. The van der Waals surface area contributed by atoms with Crippen molar-refractivity contribution in [2.24, 2.45) is 17.8 Å². The maximum absolute atomic E-state index is 12.9. The Morgan fingerprint density at radius 1 is 0.400 bits per heavy atom. The van der Waals surface area contributed by atoms with Crippen LogP contribution in [-0.4, -0.2) is 12.9 Å². The van der Waals surface area contributed by atoms with Crippen molar-refractivity contribution in [3.05, 3.63) is 0 Å². The van der Waals surface area contributed by atoms with Gasteiger partial charge in [0.05, 0.1) is 0 Å². The summed E-state index contributed by atoms with van der Waals surface area (Å²) in [7, 11) is 0. The third kappa shape index (κ3) is 25.2. The first-order valence-corrected chi connectivity index (χ1v) is 15.4. The van der Waals surface area contributed by atoms with Crippen LogP contribution in [0.25, 0.3) is 0 Å². The average molecular weight is 509 g/mol. The van der Waals surface area contributed by atoms with E-state index in [1.165, 1.54) is 77.0 Å². The fourth-order valence-corrected chi connectivity index (χ4v) is 5.52. The van der Waals surface area contributed by atoms with E-state index in [1.807, 2.05) is 0 Å². The van der Waals surface area contributed by atoms with Gasteiger partial charge in [-0.05, 0) is 37.0 Å². The highest BCUT2D eigenvalue weighted by atomic mass is 19.3. The van der Waals surface area contributed by atoms with Gasteiger partial charge in [0.25, 0.3) is 0 Å². The molecule has 0 aromatic rings. The van der Waals surface area contributed by atoms with Gasteiger partial charge < -0.3 is 0 Å². The summed E-state index contributed by atoms with van der Waals surface area (Å²) in [6.07, 6.45) is 19.8. The van der Waals surface area contributed by atoms with Crippen LogP contribution in [-0.2, 0) is 0 Å². The van der Waals surface area contributed by atoms with Crippen LogP contribution in [0.5, 0.6) is 0 Å². The van der Waals surface area contributed by atoms with Crippen molar-refractivity contribution in [3.63, 3.8) is 0 Å². The Kier molecular flexibility index (Phi) is 25.2. The van der Waals surface area contributed by atoms with Crippen molar-refractivity contribution in [2.45, 2.75) is 181 Å². The van der Waals surface area contributed by atoms with E-state index >= 15 is 0 Å². The summed E-state index contributed by atoms with van der Waals surface area (Å²) >= 11 is 0. The molecule has 0 amide bonds. The molecule has 0 rings (SSSR count). The molecule has 4 heteroatoms. The number of rotatable bonds is 27. The van der Waals surface area contributed by atoms with Crippen LogP contribution in [0.1, 0.15) is 168 Å². The molecule has 0 aliphatic heterocycles. The third-order valence-corrected chi connectivity index (χ3v) is 7.82. The van der Waals surface area contributed by atoms with E-state index in [2.05, 4.69) is 20.8 Å². The minimum absolute atomic E-state index is 0.0170. The Labute approximate surface area is 216 Å². The van der Waals surface area contributed by atoms with E-state index in [4.69, 9.17) is 0 Å². The number of halogens is 4. The Hall–Kier alpha value is -0.280. The van der Waals surface area contributed by atoms with Crippen molar-refractivity contribution in [1.82, 2.24) is 0 Å². The van der Waals surface area contributed by atoms with Gasteiger partial charge in [0.15, 0.2) is 0 Å². The molecule has 0 saturated carbocycles. The van der Waals surface area contributed by atoms with E-state index in [-0.39, 0.29) is 12.8 Å². The molecule has 3 unspecified atom stereocenters. The number of hydrogen-bond donors (Lipinski definition) is 0. The Bertz CT molecular complexity index is 413. The van der Waals surface area contributed by atoms with Crippen LogP contribution in [0.3, 0.4) is 0 Å². The lowest BCUT2D eigenvalue weighted by Gasteiger charge is -2.23. The van der Waals surface area contributed by atoms with Crippen LogP contribution in [0, 0.1) is 17.8 Å². The van der Waals surface area contributed by atoms with E-state index in [9.17, 15) is 17.6 Å². The molecule has 0 aliphatic carbocycles. The second-order valence-electron chi connectivity index (χ2n) is 11.4. The van der Waals surface area contributed by atoms with Gasteiger partial charge in [0.2, 0.25) is 12.9 Å². The Balaban J connectivity index is 4.39. The quantitative estimate of drug-likeness (QED) is 0.0764. The fraction of sp³-hybridized carbons (Fsp3) is 1.00. The highest BCUT2D eigenvalue weighted by Crippen LogP contribution is 2.30. The van der Waals surface area contributed by atoms with Gasteiger partial charge in [0, 0.05) is 12.8 Å². The molecule has 0 fully saturated rings. The summed E-state index contributed by atoms with van der Waals surface area (Å²) in [5, 5.41) is 0. The zero-order valence-corrected chi connectivity index (χ0v) is 23.7. The van der Waals surface area contributed by atoms with Gasteiger partial charge in [-0.15, -0.1) is 0 Å². The van der Waals surface area contributed by atoms with Gasteiger partial charge in [-0.3, -0.25) is 0 Å². The fourth-order valence-electron chi connectivity index (χ4n) is 5.52. The van der Waals surface area contributed by atoms with Gasteiger partial charge in [0.1, 0.15) is 0 Å². The van der Waals surface area contributed by atoms with Gasteiger partial charge in [-0.25, -0.2) is 17.6 Å². The summed E-state index contributed by atoms with van der Waals surface area (Å²) in [5.41, 5.74) is 0. The first-order chi connectivity index (χ1) is 16.9. The molecule has 0 saturated heterocycles. The first-order valence-electron chi connectivity index (χ1n) is 15.4. The lowest BCUT2D eigenvalue weighted by molar-refractivity contribution is 0.121. The maximum atomic E-state index is 12.9. The molecule has 0 nitrogen and oxygen atoms in total. The largest absolute Gasteiger partial charge is 0.238 e. The van der Waals surface area contributed by atoms with Crippen LogP contribution in [0.2, 0.25) is 0 Å². The van der Waals surface area contributed by atoms with E-state index < -0.39 is 12.9 Å². The minimum Gasteiger partial charge on any atom is -0.211 e. The molecule has 0 aromatic heterocycles. The number of alkyl halides is 4. The summed E-state index contributed by atoms with van der Waals surface area (Å²) in [6.45, 7) is 6.70. The second-order valence-corrected chi connectivity index (χ2v) is 11.4. The molecule has 3 atom stereocenters. The van der Waals surface area contributed by atoms with Crippen molar-refractivity contribution in [1.29, 1.82) is 0 Å². The average Bonchev–Trinajstić information content (AvgIpc) is 2.82. The zero-order chi connectivity index (χ0) is 26.2. The molecule has 0 radical (unpaired) electrons. The molecular weight excluding hydrogens is 448 g/mol. The summed E-state index contributed by atoms with van der Waals surface area (Å²) in [6, 6.07) is 0. The van der Waals surface area contributed by atoms with Crippen molar-refractivity contribution < 1.29 is 17.6 Å². The predicted molar refractivity (Wildman–Crippen MR) is 146 cm³/mol. The highest BCUT2D eigenvalue weighted by molar-refractivity contribution is 4.69. The third-order valence-electron chi connectivity index (χ3n) is 7.82. The predicted octanol–water partition coefficient (Wildman–Crippen LogP) is 12.4. The van der Waals surface area contributed by atoms with Gasteiger partial charge in [-0.1, -0.05) is 136 Å². The normalized spacial score (nSPS) is 14.7. The molecular formula is C31H60F4. The van der Waals surface area contributed by atoms with Crippen LogP contribution >= 0.6 is 0 Å². The molecule has 212 valence electrons. The topological polar surface area (TPSA) is 0 Å². The Morgan fingerprint density at radius 2 is 0.771 bits per heavy atom. The van der Waals surface area contributed by atoms with Crippen molar-refractivity contribution in [2.75, 3.05) is 0 Å². The Morgan fingerprint density at radius 3 is 1.23 bits per heavy atom. The van der Waals surface area contributed by atoms with Gasteiger partial charge in [-0.2, -0.15) is 0 Å².